The third-order valence-corrected chi connectivity index (χ3v) is 3.00. The summed E-state index contributed by atoms with van der Waals surface area (Å²) < 4.78 is 18.4. The van der Waals surface area contributed by atoms with Crippen LogP contribution in [0, 0.1) is 5.82 Å². The summed E-state index contributed by atoms with van der Waals surface area (Å²) in [5, 5.41) is 8.78. The first-order valence-electron chi connectivity index (χ1n) is 6.27. The Morgan fingerprint density at radius 1 is 1.45 bits per heavy atom. The second-order valence-electron chi connectivity index (χ2n) is 4.39. The predicted octanol–water partition coefficient (Wildman–Crippen LogP) is 2.16. The van der Waals surface area contributed by atoms with Gasteiger partial charge in [0.15, 0.2) is 11.6 Å². The van der Waals surface area contributed by atoms with Crippen LogP contribution in [0.1, 0.15) is 30.6 Å². The van der Waals surface area contributed by atoms with Gasteiger partial charge in [0.1, 0.15) is 0 Å². The van der Waals surface area contributed by atoms with E-state index in [1.807, 2.05) is 0 Å². The van der Waals surface area contributed by atoms with E-state index in [1.165, 1.54) is 24.1 Å². The molecule has 1 atom stereocenters. The topological polar surface area (TPSA) is 66.8 Å². The van der Waals surface area contributed by atoms with E-state index in [1.54, 1.807) is 13.8 Å². The van der Waals surface area contributed by atoms with E-state index < -0.39 is 23.7 Å². The molecule has 1 aromatic rings. The summed E-state index contributed by atoms with van der Waals surface area (Å²) in [6.07, 6.45) is -0.155. The number of nitrogens with zero attached hydrogens (tertiary/aromatic N) is 1. The van der Waals surface area contributed by atoms with Crippen LogP contribution in [-0.4, -0.2) is 41.6 Å². The molecule has 0 bridgehead atoms. The zero-order valence-corrected chi connectivity index (χ0v) is 11.7. The summed E-state index contributed by atoms with van der Waals surface area (Å²) in [5.74, 6) is -1.95. The lowest BCUT2D eigenvalue weighted by Gasteiger charge is -2.27. The number of amides is 1. The van der Waals surface area contributed by atoms with E-state index >= 15 is 0 Å². The van der Waals surface area contributed by atoms with Crippen LogP contribution in [-0.2, 0) is 4.79 Å². The number of rotatable bonds is 6. The smallest absolute Gasteiger partial charge is 0.305 e. The van der Waals surface area contributed by atoms with Gasteiger partial charge in [-0.3, -0.25) is 9.59 Å². The molecule has 0 saturated carbocycles. The molecular weight excluding hydrogens is 265 g/mol. The van der Waals surface area contributed by atoms with Gasteiger partial charge in [0.2, 0.25) is 0 Å². The molecule has 0 fully saturated rings. The van der Waals surface area contributed by atoms with Crippen molar-refractivity contribution >= 4 is 11.9 Å². The Kier molecular flexibility index (Phi) is 5.49. The van der Waals surface area contributed by atoms with Gasteiger partial charge in [0, 0.05) is 18.2 Å². The summed E-state index contributed by atoms with van der Waals surface area (Å²) in [6.45, 7) is 3.74. The Balaban J connectivity index is 2.96. The van der Waals surface area contributed by atoms with Crippen molar-refractivity contribution in [1.29, 1.82) is 0 Å². The Labute approximate surface area is 117 Å². The summed E-state index contributed by atoms with van der Waals surface area (Å²) in [4.78, 5) is 24.4. The van der Waals surface area contributed by atoms with Gasteiger partial charge in [-0.1, -0.05) is 0 Å². The fourth-order valence-electron chi connectivity index (χ4n) is 1.98. The molecule has 0 radical (unpaired) electrons. The maximum absolute atomic E-state index is 13.6. The Hall–Kier alpha value is -2.11. The zero-order valence-electron chi connectivity index (χ0n) is 11.7. The number of benzene rings is 1. The van der Waals surface area contributed by atoms with E-state index in [0.717, 1.165) is 6.07 Å². The van der Waals surface area contributed by atoms with E-state index in [9.17, 15) is 14.0 Å². The maximum Gasteiger partial charge on any atom is 0.305 e. The highest BCUT2D eigenvalue weighted by molar-refractivity contribution is 5.94. The minimum absolute atomic E-state index is 0.0585. The molecule has 0 aliphatic rings. The van der Waals surface area contributed by atoms with E-state index in [-0.39, 0.29) is 17.7 Å². The van der Waals surface area contributed by atoms with Crippen molar-refractivity contribution in [2.24, 2.45) is 0 Å². The number of carbonyl (C=O) groups excluding carboxylic acids is 1. The van der Waals surface area contributed by atoms with Crippen LogP contribution in [0.2, 0.25) is 0 Å². The monoisotopic (exact) mass is 283 g/mol. The Bertz CT molecular complexity index is 504. The van der Waals surface area contributed by atoms with Crippen LogP contribution in [0.15, 0.2) is 18.2 Å². The van der Waals surface area contributed by atoms with Crippen LogP contribution in [0.3, 0.4) is 0 Å². The molecule has 0 saturated heterocycles. The van der Waals surface area contributed by atoms with Crippen molar-refractivity contribution < 1.29 is 23.8 Å². The van der Waals surface area contributed by atoms with Crippen LogP contribution >= 0.6 is 0 Å². The largest absolute Gasteiger partial charge is 0.494 e. The number of halogens is 1. The van der Waals surface area contributed by atoms with Crippen molar-refractivity contribution in [3.8, 4) is 5.75 Å². The molecule has 1 unspecified atom stereocenters. The van der Waals surface area contributed by atoms with Crippen molar-refractivity contribution in [2.45, 2.75) is 26.3 Å². The fourth-order valence-corrected chi connectivity index (χ4v) is 1.98. The van der Waals surface area contributed by atoms with Crippen molar-refractivity contribution in [1.82, 2.24) is 4.90 Å². The molecule has 0 aliphatic carbocycles. The number of carboxylic acid groups (broad SMARTS) is 1. The average molecular weight is 283 g/mol. The van der Waals surface area contributed by atoms with Gasteiger partial charge in [-0.25, -0.2) is 4.39 Å². The van der Waals surface area contributed by atoms with Crippen LogP contribution in [0.5, 0.6) is 5.75 Å². The highest BCUT2D eigenvalue weighted by Gasteiger charge is 2.22. The molecule has 110 valence electrons. The molecule has 1 amide bonds. The van der Waals surface area contributed by atoms with Gasteiger partial charge >= 0.3 is 5.97 Å². The highest BCUT2D eigenvalue weighted by Crippen LogP contribution is 2.19. The molecule has 5 nitrogen and oxygen atoms in total. The standard InChI is InChI=1S/C14H18FNO4/c1-4-16(9(2)7-13(17)18)14(19)10-5-6-12(20-3)11(15)8-10/h5-6,8-9H,4,7H2,1-3H3,(H,17,18). The van der Waals surface area contributed by atoms with Gasteiger partial charge < -0.3 is 14.7 Å². The molecule has 1 aromatic carbocycles. The summed E-state index contributed by atoms with van der Waals surface area (Å²) in [5.41, 5.74) is 0.169. The third kappa shape index (κ3) is 3.69. The molecule has 6 heteroatoms. The van der Waals surface area contributed by atoms with Crippen molar-refractivity contribution in [3.05, 3.63) is 29.6 Å². The lowest BCUT2D eigenvalue weighted by atomic mass is 10.1. The van der Waals surface area contributed by atoms with Gasteiger partial charge in [-0.05, 0) is 32.0 Å². The van der Waals surface area contributed by atoms with Crippen molar-refractivity contribution in [3.63, 3.8) is 0 Å². The number of hydrogen-bond acceptors (Lipinski definition) is 3. The third-order valence-electron chi connectivity index (χ3n) is 3.00. The molecular formula is C14H18FNO4. The average Bonchev–Trinajstić information content (AvgIpc) is 2.38. The lowest BCUT2D eigenvalue weighted by molar-refractivity contribution is -0.138. The second kappa shape index (κ2) is 6.88. The summed E-state index contributed by atoms with van der Waals surface area (Å²) in [6, 6.07) is 3.46. The molecule has 0 aromatic heterocycles. The number of carbonyl (C=O) groups is 2. The maximum atomic E-state index is 13.6. The quantitative estimate of drug-likeness (QED) is 0.868. The van der Waals surface area contributed by atoms with Gasteiger partial charge in [0.25, 0.3) is 5.91 Å². The van der Waals surface area contributed by atoms with Gasteiger partial charge in [0.05, 0.1) is 13.5 Å². The lowest BCUT2D eigenvalue weighted by Crippen LogP contribution is -2.39. The first-order chi connectivity index (χ1) is 9.40. The Morgan fingerprint density at radius 3 is 2.55 bits per heavy atom. The SMILES string of the molecule is CCN(C(=O)c1ccc(OC)c(F)c1)C(C)CC(=O)O. The van der Waals surface area contributed by atoms with E-state index in [2.05, 4.69) is 0 Å². The zero-order chi connectivity index (χ0) is 15.3. The molecule has 1 N–H and O–H groups in total. The summed E-state index contributed by atoms with van der Waals surface area (Å²) >= 11 is 0. The molecule has 1 rings (SSSR count). The number of ether oxygens (including phenoxy) is 1. The fraction of sp³-hybridized carbons (Fsp3) is 0.429. The normalized spacial score (nSPS) is 11.8. The van der Waals surface area contributed by atoms with Crippen LogP contribution in [0.25, 0.3) is 0 Å². The first kappa shape index (κ1) is 15.9. The van der Waals surface area contributed by atoms with E-state index in [4.69, 9.17) is 9.84 Å². The van der Waals surface area contributed by atoms with Gasteiger partial charge in [-0.15, -0.1) is 0 Å². The molecule has 20 heavy (non-hydrogen) atoms. The molecule has 0 aliphatic heterocycles. The number of aliphatic carboxylic acids is 1. The van der Waals surface area contributed by atoms with Crippen LogP contribution < -0.4 is 4.74 Å². The number of methoxy groups -OCH3 is 1. The molecule has 0 spiro atoms. The Morgan fingerprint density at radius 2 is 2.10 bits per heavy atom. The summed E-state index contributed by atoms with van der Waals surface area (Å²) in [7, 11) is 1.34. The second-order valence-corrected chi connectivity index (χ2v) is 4.39. The number of hydrogen-bond donors (Lipinski definition) is 1. The van der Waals surface area contributed by atoms with E-state index in [0.29, 0.717) is 6.54 Å². The van der Waals surface area contributed by atoms with Crippen LogP contribution in [0.4, 0.5) is 4.39 Å². The van der Waals surface area contributed by atoms with Gasteiger partial charge in [-0.2, -0.15) is 0 Å². The minimum atomic E-state index is -0.982. The minimum Gasteiger partial charge on any atom is -0.494 e. The number of carboxylic acids is 1. The van der Waals surface area contributed by atoms with Crippen molar-refractivity contribution in [2.75, 3.05) is 13.7 Å². The highest BCUT2D eigenvalue weighted by atomic mass is 19.1. The molecule has 0 heterocycles. The first-order valence-corrected chi connectivity index (χ1v) is 6.27. The predicted molar refractivity (Wildman–Crippen MR) is 71.4 cm³/mol.